The van der Waals surface area contributed by atoms with E-state index in [4.69, 9.17) is 22.5 Å². The minimum atomic E-state index is 0.0411. The molecule has 0 aliphatic rings. The molecule has 2 aromatic rings. The van der Waals surface area contributed by atoms with Gasteiger partial charge in [-0.3, -0.25) is 0 Å². The van der Waals surface area contributed by atoms with Crippen molar-refractivity contribution < 1.29 is 5.21 Å². The van der Waals surface area contributed by atoms with Gasteiger partial charge in [-0.1, -0.05) is 35.4 Å². The van der Waals surface area contributed by atoms with Crippen LogP contribution in [0.15, 0.2) is 32.6 Å². The van der Waals surface area contributed by atoms with Gasteiger partial charge in [0.2, 0.25) is 0 Å². The lowest BCUT2D eigenvalue weighted by molar-refractivity contribution is 0.318. The number of nitrogens with zero attached hydrogens (tertiary/aromatic N) is 3. The van der Waals surface area contributed by atoms with Crippen LogP contribution in [0.1, 0.15) is 18.3 Å². The lowest BCUT2D eigenvalue weighted by atomic mass is 10.2. The van der Waals surface area contributed by atoms with Crippen LogP contribution in [-0.4, -0.2) is 20.4 Å². The lowest BCUT2D eigenvalue weighted by Gasteiger charge is -2.06. The molecule has 0 saturated heterocycles. The average molecular weight is 315 g/mol. The topological polar surface area (TPSA) is 84.4 Å². The molecular weight excluding hydrogens is 304 g/mol. The monoisotopic (exact) mass is 314 g/mol. The zero-order chi connectivity index (χ0) is 13.8. The van der Waals surface area contributed by atoms with Gasteiger partial charge < -0.3 is 10.9 Å². The van der Waals surface area contributed by atoms with Gasteiger partial charge in [-0.05, 0) is 29.7 Å². The molecule has 0 radical (unpaired) electrons. The number of rotatable bonds is 4. The Morgan fingerprint density at radius 3 is 3.00 bits per heavy atom. The first-order valence-corrected chi connectivity index (χ1v) is 7.38. The van der Waals surface area contributed by atoms with Crippen molar-refractivity contribution in [2.24, 2.45) is 10.9 Å². The van der Waals surface area contributed by atoms with Gasteiger partial charge in [0.15, 0.2) is 10.2 Å². The second-order valence-corrected chi connectivity index (χ2v) is 6.04. The summed E-state index contributed by atoms with van der Waals surface area (Å²) in [5.74, 6) is 0.847. The fourth-order valence-corrected chi connectivity index (χ4v) is 3.44. The van der Waals surface area contributed by atoms with E-state index in [-0.39, 0.29) is 5.84 Å². The summed E-state index contributed by atoms with van der Waals surface area (Å²) in [7, 11) is 0. The molecule has 8 heteroatoms. The van der Waals surface area contributed by atoms with E-state index in [0.29, 0.717) is 10.6 Å². The summed E-state index contributed by atoms with van der Waals surface area (Å²) in [6.07, 6.45) is 0.791. The van der Waals surface area contributed by atoms with Crippen LogP contribution >= 0.6 is 34.9 Å². The molecule has 0 aliphatic heterocycles. The van der Waals surface area contributed by atoms with E-state index >= 15 is 0 Å². The van der Waals surface area contributed by atoms with E-state index in [2.05, 4.69) is 14.5 Å². The summed E-state index contributed by atoms with van der Waals surface area (Å²) < 4.78 is 5.01. The molecule has 0 fully saturated rings. The Morgan fingerprint density at radius 1 is 1.58 bits per heavy atom. The maximum atomic E-state index is 8.79. The van der Waals surface area contributed by atoms with Crippen LogP contribution < -0.4 is 5.73 Å². The summed E-state index contributed by atoms with van der Waals surface area (Å²) in [6.45, 7) is 2.00. The van der Waals surface area contributed by atoms with Crippen LogP contribution in [0.2, 0.25) is 5.02 Å². The van der Waals surface area contributed by atoms with Gasteiger partial charge in [-0.15, -0.1) is 0 Å². The fourth-order valence-electron chi connectivity index (χ4n) is 1.36. The quantitative estimate of drug-likeness (QED) is 0.392. The Bertz CT molecular complexity index is 614. The molecule has 1 heterocycles. The second kappa shape index (κ2) is 6.23. The van der Waals surface area contributed by atoms with Gasteiger partial charge in [-0.25, -0.2) is 4.98 Å². The summed E-state index contributed by atoms with van der Waals surface area (Å²) in [5, 5.41) is 12.4. The predicted molar refractivity (Wildman–Crippen MR) is 77.4 cm³/mol. The van der Waals surface area contributed by atoms with E-state index in [0.717, 1.165) is 21.5 Å². The third kappa shape index (κ3) is 3.37. The minimum absolute atomic E-state index is 0.0411. The highest BCUT2D eigenvalue weighted by Crippen LogP contribution is 2.33. The molecule has 0 amide bonds. The Labute approximate surface area is 123 Å². The molecule has 100 valence electrons. The normalized spacial score (nSPS) is 11.8. The maximum absolute atomic E-state index is 8.79. The lowest BCUT2D eigenvalue weighted by Crippen LogP contribution is -2.14. The molecule has 0 unspecified atom stereocenters. The van der Waals surface area contributed by atoms with Crippen LogP contribution in [0, 0.1) is 0 Å². The van der Waals surface area contributed by atoms with Crippen molar-refractivity contribution in [2.45, 2.75) is 22.6 Å². The van der Waals surface area contributed by atoms with Crippen LogP contribution in [0.5, 0.6) is 0 Å². The molecule has 2 rings (SSSR count). The SMILES string of the molecule is CCc1nsc(Sc2cc(Cl)ccc2C(N)=NO)n1. The van der Waals surface area contributed by atoms with Crippen molar-refractivity contribution in [1.82, 2.24) is 9.36 Å². The zero-order valence-corrected chi connectivity index (χ0v) is 12.4. The maximum Gasteiger partial charge on any atom is 0.174 e. The van der Waals surface area contributed by atoms with Gasteiger partial charge >= 0.3 is 0 Å². The first kappa shape index (κ1) is 14.1. The third-order valence-corrected chi connectivity index (χ3v) is 4.37. The Kier molecular flexibility index (Phi) is 4.62. The fraction of sp³-hybridized carbons (Fsp3) is 0.182. The molecule has 0 atom stereocenters. The Balaban J connectivity index is 2.35. The minimum Gasteiger partial charge on any atom is -0.409 e. The Hall–Kier alpha value is -1.31. The molecule has 1 aromatic carbocycles. The van der Waals surface area contributed by atoms with Gasteiger partial charge in [0.1, 0.15) is 5.82 Å². The molecule has 0 aliphatic carbocycles. The molecule has 5 nitrogen and oxygen atoms in total. The van der Waals surface area contributed by atoms with Crippen molar-refractivity contribution in [1.29, 1.82) is 0 Å². The van der Waals surface area contributed by atoms with Gasteiger partial charge in [-0.2, -0.15) is 4.37 Å². The van der Waals surface area contributed by atoms with Crippen LogP contribution in [-0.2, 0) is 6.42 Å². The standard InChI is InChI=1S/C11H11ClN4OS2/c1-2-9-14-11(19-16-9)18-8-5-6(12)3-4-7(8)10(13)15-17/h3-5,17H,2H2,1H3,(H2,13,15). The number of hydrogen-bond donors (Lipinski definition) is 2. The molecule has 1 aromatic heterocycles. The number of amidine groups is 1. The number of nitrogens with two attached hydrogens (primary N) is 1. The molecule has 0 saturated carbocycles. The van der Waals surface area contributed by atoms with Crippen LogP contribution in [0.4, 0.5) is 0 Å². The van der Waals surface area contributed by atoms with E-state index in [9.17, 15) is 0 Å². The number of aryl methyl sites for hydroxylation is 1. The third-order valence-electron chi connectivity index (χ3n) is 2.29. The summed E-state index contributed by atoms with van der Waals surface area (Å²) >= 11 is 8.69. The number of hydrogen-bond acceptors (Lipinski definition) is 6. The van der Waals surface area contributed by atoms with E-state index in [1.807, 2.05) is 6.92 Å². The predicted octanol–water partition coefficient (Wildman–Crippen LogP) is 3.00. The van der Waals surface area contributed by atoms with Gasteiger partial charge in [0, 0.05) is 21.9 Å². The molecule has 0 spiro atoms. The molecule has 0 bridgehead atoms. The van der Waals surface area contributed by atoms with Crippen molar-refractivity contribution in [2.75, 3.05) is 0 Å². The highest BCUT2D eigenvalue weighted by Gasteiger charge is 2.12. The molecule has 19 heavy (non-hydrogen) atoms. The smallest absolute Gasteiger partial charge is 0.174 e. The largest absolute Gasteiger partial charge is 0.409 e. The summed E-state index contributed by atoms with van der Waals surface area (Å²) in [6, 6.07) is 5.16. The van der Waals surface area contributed by atoms with Crippen molar-refractivity contribution >= 4 is 40.7 Å². The van der Waals surface area contributed by atoms with Crippen molar-refractivity contribution in [3.63, 3.8) is 0 Å². The first-order valence-electron chi connectivity index (χ1n) is 5.42. The van der Waals surface area contributed by atoms with Gasteiger partial charge in [0.05, 0.1) is 0 Å². The number of benzene rings is 1. The number of oxime groups is 1. The Morgan fingerprint density at radius 2 is 2.37 bits per heavy atom. The summed E-state index contributed by atoms with van der Waals surface area (Å²) in [5.41, 5.74) is 6.26. The highest BCUT2D eigenvalue weighted by molar-refractivity contribution is 8.01. The highest BCUT2D eigenvalue weighted by atomic mass is 35.5. The van der Waals surface area contributed by atoms with Crippen molar-refractivity contribution in [3.05, 3.63) is 34.6 Å². The van der Waals surface area contributed by atoms with E-state index < -0.39 is 0 Å². The average Bonchev–Trinajstić information content (AvgIpc) is 2.86. The summed E-state index contributed by atoms with van der Waals surface area (Å²) in [4.78, 5) is 5.14. The van der Waals surface area contributed by atoms with Crippen molar-refractivity contribution in [3.8, 4) is 0 Å². The zero-order valence-electron chi connectivity index (χ0n) is 10.00. The number of halogens is 1. The van der Waals surface area contributed by atoms with Crippen LogP contribution in [0.3, 0.4) is 0 Å². The van der Waals surface area contributed by atoms with Crippen LogP contribution in [0.25, 0.3) is 0 Å². The van der Waals surface area contributed by atoms with E-state index in [1.165, 1.54) is 23.3 Å². The van der Waals surface area contributed by atoms with Gasteiger partial charge in [0.25, 0.3) is 0 Å². The van der Waals surface area contributed by atoms with E-state index in [1.54, 1.807) is 18.2 Å². The number of aromatic nitrogens is 2. The molecular formula is C11H11ClN4OS2. The second-order valence-electron chi connectivity index (χ2n) is 3.56. The first-order chi connectivity index (χ1) is 9.13. The molecule has 3 N–H and O–H groups in total.